The molecule has 106 valence electrons. The van der Waals surface area contributed by atoms with Crippen LogP contribution in [0.15, 0.2) is 45.7 Å². The maximum Gasteiger partial charge on any atom is 0.118 e. The van der Waals surface area contributed by atoms with Crippen LogP contribution in [-0.2, 0) is 23.1 Å². The van der Waals surface area contributed by atoms with Gasteiger partial charge in [0.15, 0.2) is 0 Å². The lowest BCUT2D eigenvalue weighted by Gasteiger charge is -2.01. The molecule has 1 aromatic carbocycles. The van der Waals surface area contributed by atoms with Gasteiger partial charge in [0.05, 0.1) is 23.1 Å². The van der Waals surface area contributed by atoms with Crippen molar-refractivity contribution in [3.8, 4) is 0 Å². The van der Waals surface area contributed by atoms with Crippen LogP contribution in [0.3, 0.4) is 0 Å². The summed E-state index contributed by atoms with van der Waals surface area (Å²) < 4.78 is 17.9. The summed E-state index contributed by atoms with van der Waals surface area (Å²) in [5.41, 5.74) is 0. The number of benzene rings is 1. The minimum absolute atomic E-state index is 0.394. The van der Waals surface area contributed by atoms with Crippen LogP contribution in [0, 0.1) is 0 Å². The number of rotatable bonds is 6. The highest BCUT2D eigenvalue weighted by Gasteiger charge is 2.20. The van der Waals surface area contributed by atoms with E-state index in [1.54, 1.807) is 24.3 Å². The van der Waals surface area contributed by atoms with Crippen molar-refractivity contribution in [3.05, 3.63) is 52.9 Å². The van der Waals surface area contributed by atoms with Gasteiger partial charge in [-0.1, -0.05) is 11.6 Å². The summed E-state index contributed by atoms with van der Waals surface area (Å²) in [7, 11) is -1.10. The lowest BCUT2D eigenvalue weighted by atomic mass is 10.4. The first kappa shape index (κ1) is 13.9. The van der Waals surface area contributed by atoms with Gasteiger partial charge in [0.1, 0.15) is 11.5 Å². The largest absolute Gasteiger partial charge is 0.464 e. The van der Waals surface area contributed by atoms with Gasteiger partial charge in [-0.15, -0.1) is 0 Å². The van der Waals surface area contributed by atoms with Crippen molar-refractivity contribution in [2.24, 2.45) is 0 Å². The summed E-state index contributed by atoms with van der Waals surface area (Å²) in [6, 6.07) is 11.6. The second-order valence-corrected chi connectivity index (χ2v) is 6.85. The van der Waals surface area contributed by atoms with Gasteiger partial charge in [-0.25, -0.2) is 0 Å². The summed E-state index contributed by atoms with van der Waals surface area (Å²) in [5, 5.41) is 4.04. The normalized spacial score (nSPS) is 16.2. The van der Waals surface area contributed by atoms with Crippen molar-refractivity contribution in [2.45, 2.75) is 36.1 Å². The molecule has 1 fully saturated rings. The number of hydrogen-bond acceptors (Lipinski definition) is 3. The third-order valence-electron chi connectivity index (χ3n) is 3.21. The molecule has 1 aliphatic rings. The summed E-state index contributed by atoms with van der Waals surface area (Å²) >= 11 is 5.82. The lowest BCUT2D eigenvalue weighted by molar-refractivity contribution is 0.457. The Balaban J connectivity index is 1.58. The van der Waals surface area contributed by atoms with Crippen LogP contribution < -0.4 is 5.32 Å². The van der Waals surface area contributed by atoms with Crippen LogP contribution in [0.4, 0.5) is 0 Å². The molecule has 0 radical (unpaired) electrons. The molecule has 0 aliphatic heterocycles. The number of furan rings is 1. The molecule has 1 aliphatic carbocycles. The molecule has 0 saturated heterocycles. The predicted molar refractivity (Wildman–Crippen MR) is 80.1 cm³/mol. The molecule has 1 aromatic heterocycles. The fourth-order valence-corrected chi connectivity index (χ4v) is 3.07. The van der Waals surface area contributed by atoms with E-state index in [0.29, 0.717) is 16.8 Å². The van der Waals surface area contributed by atoms with Crippen LogP contribution in [0.25, 0.3) is 0 Å². The van der Waals surface area contributed by atoms with E-state index in [2.05, 4.69) is 5.32 Å². The van der Waals surface area contributed by atoms with Crippen molar-refractivity contribution in [2.75, 3.05) is 0 Å². The molecule has 1 N–H and O–H groups in total. The molecule has 1 atom stereocenters. The predicted octanol–water partition coefficient (Wildman–Crippen LogP) is 3.49. The van der Waals surface area contributed by atoms with Crippen LogP contribution in [-0.4, -0.2) is 10.3 Å². The van der Waals surface area contributed by atoms with E-state index in [0.717, 1.165) is 23.0 Å². The molecule has 1 heterocycles. The van der Waals surface area contributed by atoms with E-state index in [9.17, 15) is 4.21 Å². The van der Waals surface area contributed by atoms with Crippen molar-refractivity contribution < 1.29 is 8.63 Å². The van der Waals surface area contributed by atoms with Crippen LogP contribution in [0.2, 0.25) is 5.02 Å². The van der Waals surface area contributed by atoms with Gasteiger partial charge in [-0.05, 0) is 49.2 Å². The molecule has 5 heteroatoms. The third-order valence-corrected chi connectivity index (χ3v) is 4.81. The lowest BCUT2D eigenvalue weighted by Crippen LogP contribution is -2.14. The Morgan fingerprint density at radius 1 is 1.15 bits per heavy atom. The minimum Gasteiger partial charge on any atom is -0.464 e. The summed E-state index contributed by atoms with van der Waals surface area (Å²) in [4.78, 5) is 0.767. The van der Waals surface area contributed by atoms with Gasteiger partial charge in [0, 0.05) is 16.0 Å². The van der Waals surface area contributed by atoms with E-state index < -0.39 is 10.8 Å². The second-order valence-electron chi connectivity index (χ2n) is 4.97. The topological polar surface area (TPSA) is 42.2 Å². The van der Waals surface area contributed by atoms with Gasteiger partial charge < -0.3 is 9.73 Å². The molecule has 0 spiro atoms. The maximum absolute atomic E-state index is 12.2. The molecule has 0 amide bonds. The van der Waals surface area contributed by atoms with E-state index in [1.165, 1.54) is 12.8 Å². The molecular formula is C15H16ClNO2S. The highest BCUT2D eigenvalue weighted by atomic mass is 35.5. The van der Waals surface area contributed by atoms with Crippen molar-refractivity contribution in [3.63, 3.8) is 0 Å². The minimum atomic E-state index is -1.10. The Bertz CT molecular complexity index is 605. The monoisotopic (exact) mass is 309 g/mol. The second kappa shape index (κ2) is 6.12. The Morgan fingerprint density at radius 2 is 1.85 bits per heavy atom. The summed E-state index contributed by atoms with van der Waals surface area (Å²) in [5.74, 6) is 2.05. The van der Waals surface area contributed by atoms with Crippen molar-refractivity contribution in [1.82, 2.24) is 5.32 Å². The molecule has 0 bridgehead atoms. The zero-order valence-electron chi connectivity index (χ0n) is 11.0. The first-order valence-electron chi connectivity index (χ1n) is 6.65. The molecule has 3 rings (SSSR count). The van der Waals surface area contributed by atoms with Gasteiger partial charge in [-0.2, -0.15) is 0 Å². The van der Waals surface area contributed by atoms with E-state index >= 15 is 0 Å². The van der Waals surface area contributed by atoms with Crippen LogP contribution >= 0.6 is 11.6 Å². The van der Waals surface area contributed by atoms with Gasteiger partial charge in [0.25, 0.3) is 0 Å². The Kier molecular flexibility index (Phi) is 4.24. The van der Waals surface area contributed by atoms with Gasteiger partial charge in [0.2, 0.25) is 0 Å². The Morgan fingerprint density at radius 3 is 2.55 bits per heavy atom. The zero-order chi connectivity index (χ0) is 13.9. The summed E-state index contributed by atoms with van der Waals surface area (Å²) in [6.45, 7) is 0.748. The molecule has 2 aromatic rings. The molecular weight excluding hydrogens is 294 g/mol. The molecule has 20 heavy (non-hydrogen) atoms. The van der Waals surface area contributed by atoms with Crippen LogP contribution in [0.1, 0.15) is 24.4 Å². The standard InChI is InChI=1S/C15H16ClNO2S/c16-11-1-7-15(8-2-11)20(18)10-14-6-5-13(19-14)9-17-12-3-4-12/h1-2,5-8,12,17H,3-4,9-10H2. The Labute approximate surface area is 125 Å². The van der Waals surface area contributed by atoms with E-state index in [4.69, 9.17) is 16.0 Å². The first-order valence-corrected chi connectivity index (χ1v) is 8.35. The number of nitrogens with one attached hydrogen (secondary N) is 1. The molecule has 3 nitrogen and oxygen atoms in total. The van der Waals surface area contributed by atoms with E-state index in [-0.39, 0.29) is 0 Å². The quantitative estimate of drug-likeness (QED) is 0.888. The third kappa shape index (κ3) is 3.72. The molecule has 1 unspecified atom stereocenters. The fraction of sp³-hybridized carbons (Fsp3) is 0.333. The number of hydrogen-bond donors (Lipinski definition) is 1. The Hall–Kier alpha value is -1.10. The van der Waals surface area contributed by atoms with Crippen molar-refractivity contribution in [1.29, 1.82) is 0 Å². The van der Waals surface area contributed by atoms with Gasteiger partial charge >= 0.3 is 0 Å². The summed E-state index contributed by atoms with van der Waals surface area (Å²) in [6.07, 6.45) is 2.52. The number of halogens is 1. The smallest absolute Gasteiger partial charge is 0.118 e. The van der Waals surface area contributed by atoms with Gasteiger partial charge in [-0.3, -0.25) is 4.21 Å². The average molecular weight is 310 g/mol. The SMILES string of the molecule is O=S(Cc1ccc(CNC2CC2)o1)c1ccc(Cl)cc1. The van der Waals surface area contributed by atoms with Crippen molar-refractivity contribution >= 4 is 22.4 Å². The molecule has 1 saturated carbocycles. The van der Waals surface area contributed by atoms with E-state index in [1.807, 2.05) is 12.1 Å². The maximum atomic E-state index is 12.2. The zero-order valence-corrected chi connectivity index (χ0v) is 12.5. The highest BCUT2D eigenvalue weighted by Crippen LogP contribution is 2.20. The van der Waals surface area contributed by atoms with Crippen LogP contribution in [0.5, 0.6) is 0 Å². The average Bonchev–Trinajstić information content (AvgIpc) is 3.17. The fourth-order valence-electron chi connectivity index (χ4n) is 1.93. The first-order chi connectivity index (χ1) is 9.70. The highest BCUT2D eigenvalue weighted by molar-refractivity contribution is 7.84.